The molecule has 3 N–H and O–H groups in total. The predicted molar refractivity (Wildman–Crippen MR) is 273 cm³/mol. The SMILES string of the molecule is CCCCCC/C=C\C/C=C\CCCCCCCC(=O)OCCCCCCCCCCCC/C=C\CCCCCCCCCC(=O)NC(CO)C(O)CCCCCCCCCCC. The molecule has 370 valence electrons. The predicted octanol–water partition coefficient (Wildman–Crippen LogP) is 16.9. The number of hydrogen-bond acceptors (Lipinski definition) is 5. The van der Waals surface area contributed by atoms with Crippen LogP contribution in [0.25, 0.3) is 0 Å². The number of hydrogen-bond donors (Lipinski definition) is 3. The normalized spacial score (nSPS) is 12.9. The highest BCUT2D eigenvalue weighted by atomic mass is 16.5. The second-order valence-corrected chi connectivity index (χ2v) is 18.9. The number of unbranched alkanes of at least 4 members (excludes halogenated alkanes) is 34. The van der Waals surface area contributed by atoms with Gasteiger partial charge in [-0.05, 0) is 83.5 Å². The number of aliphatic hydroxyl groups is 2. The van der Waals surface area contributed by atoms with Gasteiger partial charge in [-0.2, -0.15) is 0 Å². The number of carbonyl (C=O) groups is 2. The van der Waals surface area contributed by atoms with Crippen LogP contribution in [0.5, 0.6) is 0 Å². The maximum absolute atomic E-state index is 12.4. The van der Waals surface area contributed by atoms with E-state index in [0.29, 0.717) is 25.9 Å². The Hall–Kier alpha value is -1.92. The van der Waals surface area contributed by atoms with E-state index in [0.717, 1.165) is 51.4 Å². The van der Waals surface area contributed by atoms with Gasteiger partial charge in [-0.1, -0.05) is 230 Å². The summed E-state index contributed by atoms with van der Waals surface area (Å²) < 4.78 is 5.47. The third-order valence-corrected chi connectivity index (χ3v) is 12.7. The summed E-state index contributed by atoms with van der Waals surface area (Å²) in [7, 11) is 0. The van der Waals surface area contributed by atoms with Gasteiger partial charge in [0.15, 0.2) is 0 Å². The highest BCUT2D eigenvalue weighted by Gasteiger charge is 2.20. The van der Waals surface area contributed by atoms with E-state index in [-0.39, 0.29) is 18.5 Å². The van der Waals surface area contributed by atoms with Crippen molar-refractivity contribution in [2.45, 2.75) is 302 Å². The van der Waals surface area contributed by atoms with Crippen LogP contribution < -0.4 is 5.32 Å². The van der Waals surface area contributed by atoms with Crippen molar-refractivity contribution < 1.29 is 24.5 Å². The molecule has 0 heterocycles. The third kappa shape index (κ3) is 49.4. The topological polar surface area (TPSA) is 95.9 Å². The Morgan fingerprint density at radius 1 is 0.444 bits per heavy atom. The van der Waals surface area contributed by atoms with E-state index in [1.807, 2.05) is 0 Å². The Kier molecular flexibility index (Phi) is 51.1. The zero-order chi connectivity index (χ0) is 45.8. The number of carbonyl (C=O) groups excluding carboxylic acids is 2. The number of aliphatic hydroxyl groups excluding tert-OH is 2. The molecule has 0 aromatic carbocycles. The van der Waals surface area contributed by atoms with Crippen LogP contribution >= 0.6 is 0 Å². The number of esters is 1. The molecular weight excluding hydrogens is 779 g/mol. The molecule has 63 heavy (non-hydrogen) atoms. The summed E-state index contributed by atoms with van der Waals surface area (Å²) in [6.45, 7) is 4.90. The first-order valence-electron chi connectivity index (χ1n) is 27.7. The number of nitrogens with one attached hydrogen (secondary N) is 1. The fourth-order valence-electron chi connectivity index (χ4n) is 8.37. The highest BCUT2D eigenvalue weighted by Crippen LogP contribution is 2.16. The molecule has 0 rings (SSSR count). The van der Waals surface area contributed by atoms with Crippen LogP contribution in [-0.4, -0.2) is 47.4 Å². The maximum Gasteiger partial charge on any atom is 0.305 e. The smallest absolute Gasteiger partial charge is 0.305 e. The number of ether oxygens (including phenoxy) is 1. The number of rotatable bonds is 51. The molecule has 0 radical (unpaired) electrons. The van der Waals surface area contributed by atoms with Gasteiger partial charge in [0.2, 0.25) is 5.91 Å². The molecular formula is C57H107NO5. The summed E-state index contributed by atoms with van der Waals surface area (Å²) in [5.74, 6) is -0.0517. The Labute approximate surface area is 392 Å². The first kappa shape index (κ1) is 61.1. The van der Waals surface area contributed by atoms with E-state index in [1.165, 1.54) is 205 Å². The van der Waals surface area contributed by atoms with Crippen molar-refractivity contribution in [3.8, 4) is 0 Å². The molecule has 2 atom stereocenters. The molecule has 6 nitrogen and oxygen atoms in total. The van der Waals surface area contributed by atoms with Crippen molar-refractivity contribution in [2.24, 2.45) is 0 Å². The van der Waals surface area contributed by atoms with E-state index in [1.54, 1.807) is 0 Å². The van der Waals surface area contributed by atoms with Gasteiger partial charge in [0.25, 0.3) is 0 Å². The summed E-state index contributed by atoms with van der Waals surface area (Å²) in [6, 6.07) is -0.545. The molecule has 0 saturated heterocycles. The van der Waals surface area contributed by atoms with Gasteiger partial charge < -0.3 is 20.3 Å². The zero-order valence-electron chi connectivity index (χ0n) is 42.1. The van der Waals surface area contributed by atoms with Gasteiger partial charge in [-0.25, -0.2) is 0 Å². The second-order valence-electron chi connectivity index (χ2n) is 18.9. The largest absolute Gasteiger partial charge is 0.466 e. The molecule has 0 spiro atoms. The van der Waals surface area contributed by atoms with Crippen molar-refractivity contribution >= 4 is 11.9 Å². The minimum absolute atomic E-state index is 0.00578. The third-order valence-electron chi connectivity index (χ3n) is 12.7. The molecule has 0 fully saturated rings. The molecule has 0 aliphatic carbocycles. The van der Waals surface area contributed by atoms with Gasteiger partial charge in [0.1, 0.15) is 0 Å². The molecule has 0 aromatic heterocycles. The van der Waals surface area contributed by atoms with Gasteiger partial charge >= 0.3 is 5.97 Å². The number of amides is 1. The summed E-state index contributed by atoms with van der Waals surface area (Å²) in [4.78, 5) is 24.4. The van der Waals surface area contributed by atoms with E-state index < -0.39 is 12.1 Å². The molecule has 0 aliphatic heterocycles. The standard InChI is InChI=1S/C57H107NO5/c1-3-5-7-9-11-13-14-15-16-25-28-31-35-39-43-47-51-57(62)63-52-48-44-40-36-32-29-26-23-21-19-17-18-20-22-24-27-30-34-38-42-46-50-56(61)58-54(53-59)55(60)49-45-41-37-33-12-10-8-6-4-2/h13-14,16,18,20,25,54-55,59-60H,3-12,15,17,19,21-24,26-53H2,1-2H3,(H,58,61)/b14-13-,20-18-,25-16-. The lowest BCUT2D eigenvalue weighted by atomic mass is 10.0. The van der Waals surface area contributed by atoms with Crippen molar-refractivity contribution in [2.75, 3.05) is 13.2 Å². The fourth-order valence-corrected chi connectivity index (χ4v) is 8.37. The van der Waals surface area contributed by atoms with Crippen LogP contribution in [0.4, 0.5) is 0 Å². The molecule has 0 aromatic rings. The second kappa shape index (κ2) is 52.7. The minimum Gasteiger partial charge on any atom is -0.466 e. The fraction of sp³-hybridized carbons (Fsp3) is 0.860. The van der Waals surface area contributed by atoms with Crippen LogP contribution in [0, 0.1) is 0 Å². The van der Waals surface area contributed by atoms with Crippen molar-refractivity contribution in [3.63, 3.8) is 0 Å². The average Bonchev–Trinajstić information content (AvgIpc) is 3.28. The van der Waals surface area contributed by atoms with E-state index >= 15 is 0 Å². The highest BCUT2D eigenvalue weighted by molar-refractivity contribution is 5.76. The lowest BCUT2D eigenvalue weighted by Gasteiger charge is -2.22. The molecule has 2 unspecified atom stereocenters. The summed E-state index contributed by atoms with van der Waals surface area (Å²) in [5, 5.41) is 23.1. The Morgan fingerprint density at radius 3 is 1.24 bits per heavy atom. The minimum atomic E-state index is -0.667. The Balaban J connectivity index is 3.41. The molecule has 0 aliphatic rings. The lowest BCUT2D eigenvalue weighted by Crippen LogP contribution is -2.45. The zero-order valence-corrected chi connectivity index (χ0v) is 42.1. The van der Waals surface area contributed by atoms with Crippen molar-refractivity contribution in [1.82, 2.24) is 5.32 Å². The van der Waals surface area contributed by atoms with E-state index in [9.17, 15) is 19.8 Å². The molecule has 6 heteroatoms. The average molecular weight is 886 g/mol. The molecule has 0 saturated carbocycles. The molecule has 0 bridgehead atoms. The lowest BCUT2D eigenvalue weighted by molar-refractivity contribution is -0.143. The van der Waals surface area contributed by atoms with Crippen molar-refractivity contribution in [3.05, 3.63) is 36.5 Å². The van der Waals surface area contributed by atoms with Gasteiger partial charge in [-0.3, -0.25) is 9.59 Å². The number of allylic oxidation sites excluding steroid dienone is 6. The van der Waals surface area contributed by atoms with Crippen LogP contribution in [0.15, 0.2) is 36.5 Å². The van der Waals surface area contributed by atoms with Gasteiger partial charge in [0.05, 0.1) is 25.4 Å². The maximum atomic E-state index is 12.4. The summed E-state index contributed by atoms with van der Waals surface area (Å²) in [6.07, 6.45) is 64.2. The summed E-state index contributed by atoms with van der Waals surface area (Å²) >= 11 is 0. The van der Waals surface area contributed by atoms with Crippen molar-refractivity contribution in [1.29, 1.82) is 0 Å². The summed E-state index contributed by atoms with van der Waals surface area (Å²) in [5.41, 5.74) is 0. The monoisotopic (exact) mass is 886 g/mol. The van der Waals surface area contributed by atoms with E-state index in [2.05, 4.69) is 55.6 Å². The van der Waals surface area contributed by atoms with Gasteiger partial charge in [0, 0.05) is 12.8 Å². The molecule has 1 amide bonds. The van der Waals surface area contributed by atoms with Crippen LogP contribution in [-0.2, 0) is 14.3 Å². The first-order chi connectivity index (χ1) is 31.0. The van der Waals surface area contributed by atoms with Gasteiger partial charge in [-0.15, -0.1) is 0 Å². The van der Waals surface area contributed by atoms with Crippen LogP contribution in [0.1, 0.15) is 290 Å². The Bertz CT molecular complexity index is 1020. The van der Waals surface area contributed by atoms with Crippen LogP contribution in [0.3, 0.4) is 0 Å². The Morgan fingerprint density at radius 2 is 0.794 bits per heavy atom. The van der Waals surface area contributed by atoms with E-state index in [4.69, 9.17) is 4.74 Å². The van der Waals surface area contributed by atoms with Crippen LogP contribution in [0.2, 0.25) is 0 Å². The quantitative estimate of drug-likeness (QED) is 0.0321. The first-order valence-corrected chi connectivity index (χ1v) is 27.7.